The number of anilines is 1. The second-order valence-electron chi connectivity index (χ2n) is 4.56. The summed E-state index contributed by atoms with van der Waals surface area (Å²) in [6, 6.07) is 1.85. The van der Waals surface area contributed by atoms with Crippen molar-refractivity contribution in [1.29, 1.82) is 0 Å². The van der Waals surface area contributed by atoms with E-state index in [0.717, 1.165) is 12.8 Å². The molecule has 1 atom stereocenters. The van der Waals surface area contributed by atoms with E-state index >= 15 is 0 Å². The standard InChI is InChI=1S/C14H20F2N2O/c1-4-5-8-17-14(19)10(3)18-13-11(15)7-6-9(2)12(13)16/h6-7,10,18H,4-5,8H2,1-3H3,(H,17,19). The van der Waals surface area contributed by atoms with Crippen molar-refractivity contribution in [3.63, 3.8) is 0 Å². The summed E-state index contributed by atoms with van der Waals surface area (Å²) in [6.45, 7) is 5.71. The molecule has 3 nitrogen and oxygen atoms in total. The minimum atomic E-state index is -0.698. The Morgan fingerprint density at radius 1 is 1.37 bits per heavy atom. The lowest BCUT2D eigenvalue weighted by Crippen LogP contribution is -2.38. The molecule has 0 saturated carbocycles. The van der Waals surface area contributed by atoms with Gasteiger partial charge in [-0.15, -0.1) is 0 Å². The van der Waals surface area contributed by atoms with Crippen LogP contribution in [-0.2, 0) is 4.79 Å². The second kappa shape index (κ2) is 7.07. The molecule has 19 heavy (non-hydrogen) atoms. The molecule has 0 aliphatic carbocycles. The van der Waals surface area contributed by atoms with Gasteiger partial charge >= 0.3 is 0 Å². The molecule has 0 heterocycles. The zero-order chi connectivity index (χ0) is 14.4. The van der Waals surface area contributed by atoms with Gasteiger partial charge in [0.25, 0.3) is 0 Å². The maximum absolute atomic E-state index is 13.8. The smallest absolute Gasteiger partial charge is 0.242 e. The Bertz CT molecular complexity index is 449. The van der Waals surface area contributed by atoms with E-state index in [2.05, 4.69) is 10.6 Å². The molecule has 0 radical (unpaired) electrons. The summed E-state index contributed by atoms with van der Waals surface area (Å²) in [7, 11) is 0. The van der Waals surface area contributed by atoms with Crippen molar-refractivity contribution in [2.45, 2.75) is 39.7 Å². The van der Waals surface area contributed by atoms with Crippen molar-refractivity contribution in [2.24, 2.45) is 0 Å². The molecule has 0 spiro atoms. The van der Waals surface area contributed by atoms with E-state index in [4.69, 9.17) is 0 Å². The summed E-state index contributed by atoms with van der Waals surface area (Å²) >= 11 is 0. The van der Waals surface area contributed by atoms with Crippen LogP contribution in [0, 0.1) is 18.6 Å². The lowest BCUT2D eigenvalue weighted by Gasteiger charge is -2.17. The normalized spacial score (nSPS) is 12.1. The van der Waals surface area contributed by atoms with Gasteiger partial charge in [0.2, 0.25) is 5.91 Å². The summed E-state index contributed by atoms with van der Waals surface area (Å²) in [5.41, 5.74) is 0.0839. The molecule has 1 aromatic rings. The third-order valence-corrected chi connectivity index (χ3v) is 2.87. The highest BCUT2D eigenvalue weighted by molar-refractivity contribution is 5.84. The molecule has 1 rings (SSSR count). The van der Waals surface area contributed by atoms with E-state index < -0.39 is 17.7 Å². The van der Waals surface area contributed by atoms with E-state index in [1.807, 2.05) is 6.92 Å². The minimum absolute atomic E-state index is 0.252. The molecule has 2 N–H and O–H groups in total. The van der Waals surface area contributed by atoms with Crippen molar-refractivity contribution < 1.29 is 13.6 Å². The number of amides is 1. The van der Waals surface area contributed by atoms with Crippen molar-refractivity contribution >= 4 is 11.6 Å². The summed E-state index contributed by atoms with van der Waals surface area (Å²) in [5.74, 6) is -1.63. The van der Waals surface area contributed by atoms with Gasteiger partial charge in [-0.1, -0.05) is 19.4 Å². The molecule has 0 fully saturated rings. The SMILES string of the molecule is CCCCNC(=O)C(C)Nc1c(F)ccc(C)c1F. The van der Waals surface area contributed by atoms with E-state index in [1.165, 1.54) is 12.1 Å². The topological polar surface area (TPSA) is 41.1 Å². The third kappa shape index (κ3) is 4.19. The van der Waals surface area contributed by atoms with Gasteiger partial charge < -0.3 is 10.6 Å². The van der Waals surface area contributed by atoms with Crippen LogP contribution in [0.3, 0.4) is 0 Å². The fourth-order valence-electron chi connectivity index (χ4n) is 1.61. The molecule has 0 aromatic heterocycles. The monoisotopic (exact) mass is 270 g/mol. The molecule has 1 aromatic carbocycles. The van der Waals surface area contributed by atoms with Gasteiger partial charge in [0.05, 0.1) is 0 Å². The summed E-state index contributed by atoms with van der Waals surface area (Å²) in [6.07, 6.45) is 1.86. The number of halogens is 2. The molecule has 0 aliphatic heterocycles. The zero-order valence-electron chi connectivity index (χ0n) is 11.5. The number of hydrogen-bond donors (Lipinski definition) is 2. The molecular weight excluding hydrogens is 250 g/mol. The van der Waals surface area contributed by atoms with Crippen LogP contribution in [0.4, 0.5) is 14.5 Å². The Labute approximate surface area is 112 Å². The highest BCUT2D eigenvalue weighted by atomic mass is 19.1. The Kier molecular flexibility index (Phi) is 5.73. The fourth-order valence-corrected chi connectivity index (χ4v) is 1.61. The first kappa shape index (κ1) is 15.4. The Morgan fingerprint density at radius 2 is 2.05 bits per heavy atom. The summed E-state index contributed by atoms with van der Waals surface area (Å²) < 4.78 is 27.3. The largest absolute Gasteiger partial charge is 0.369 e. The zero-order valence-corrected chi connectivity index (χ0v) is 11.5. The van der Waals surface area contributed by atoms with Gasteiger partial charge in [0.1, 0.15) is 17.5 Å². The number of carbonyl (C=O) groups is 1. The number of aryl methyl sites for hydroxylation is 1. The molecule has 0 aliphatic rings. The number of unbranched alkanes of at least 4 members (excludes halogenated alkanes) is 1. The fraction of sp³-hybridized carbons (Fsp3) is 0.500. The molecule has 5 heteroatoms. The van der Waals surface area contributed by atoms with Gasteiger partial charge in [-0.2, -0.15) is 0 Å². The van der Waals surface area contributed by atoms with E-state index in [9.17, 15) is 13.6 Å². The quantitative estimate of drug-likeness (QED) is 0.780. The van der Waals surface area contributed by atoms with E-state index in [1.54, 1.807) is 13.8 Å². The number of benzene rings is 1. The van der Waals surface area contributed by atoms with Gasteiger partial charge in [-0.3, -0.25) is 4.79 Å². The van der Waals surface area contributed by atoms with Crippen LogP contribution in [0.25, 0.3) is 0 Å². The highest BCUT2D eigenvalue weighted by Crippen LogP contribution is 2.22. The Hall–Kier alpha value is -1.65. The molecular formula is C14H20F2N2O. The van der Waals surface area contributed by atoms with E-state index in [0.29, 0.717) is 12.1 Å². The average molecular weight is 270 g/mol. The Morgan fingerprint density at radius 3 is 2.68 bits per heavy atom. The molecule has 106 valence electrons. The average Bonchev–Trinajstić information content (AvgIpc) is 2.39. The maximum Gasteiger partial charge on any atom is 0.242 e. The maximum atomic E-state index is 13.8. The van der Waals surface area contributed by atoms with Gasteiger partial charge in [-0.25, -0.2) is 8.78 Å². The van der Waals surface area contributed by atoms with Crippen LogP contribution in [0.1, 0.15) is 32.3 Å². The number of hydrogen-bond acceptors (Lipinski definition) is 2. The van der Waals surface area contributed by atoms with Gasteiger partial charge in [0.15, 0.2) is 5.82 Å². The lowest BCUT2D eigenvalue weighted by molar-refractivity contribution is -0.121. The second-order valence-corrected chi connectivity index (χ2v) is 4.56. The molecule has 1 unspecified atom stereocenters. The van der Waals surface area contributed by atoms with Gasteiger partial charge in [0, 0.05) is 6.54 Å². The van der Waals surface area contributed by atoms with Crippen molar-refractivity contribution in [3.05, 3.63) is 29.3 Å². The van der Waals surface area contributed by atoms with Crippen LogP contribution in [0.5, 0.6) is 0 Å². The highest BCUT2D eigenvalue weighted by Gasteiger charge is 2.17. The predicted molar refractivity (Wildman–Crippen MR) is 72.1 cm³/mol. The first-order chi connectivity index (χ1) is 8.97. The summed E-state index contributed by atoms with van der Waals surface area (Å²) in [4.78, 5) is 11.7. The van der Waals surface area contributed by atoms with Crippen molar-refractivity contribution in [3.8, 4) is 0 Å². The Balaban J connectivity index is 2.69. The first-order valence-electron chi connectivity index (χ1n) is 6.46. The number of nitrogens with one attached hydrogen (secondary N) is 2. The third-order valence-electron chi connectivity index (χ3n) is 2.87. The first-order valence-corrected chi connectivity index (χ1v) is 6.46. The summed E-state index contributed by atoms with van der Waals surface area (Å²) in [5, 5.41) is 5.29. The molecule has 0 saturated heterocycles. The van der Waals surface area contributed by atoms with Crippen LogP contribution in [0.2, 0.25) is 0 Å². The van der Waals surface area contributed by atoms with Crippen LogP contribution < -0.4 is 10.6 Å². The van der Waals surface area contributed by atoms with Gasteiger partial charge in [-0.05, 0) is 31.9 Å². The van der Waals surface area contributed by atoms with Crippen LogP contribution in [-0.4, -0.2) is 18.5 Å². The van der Waals surface area contributed by atoms with Crippen molar-refractivity contribution in [2.75, 3.05) is 11.9 Å². The van der Waals surface area contributed by atoms with E-state index in [-0.39, 0.29) is 11.6 Å². The van der Waals surface area contributed by atoms with Crippen LogP contribution >= 0.6 is 0 Å². The molecule has 0 bridgehead atoms. The minimum Gasteiger partial charge on any atom is -0.369 e. The number of carbonyl (C=O) groups excluding carboxylic acids is 1. The molecule has 1 amide bonds. The lowest BCUT2D eigenvalue weighted by atomic mass is 10.1. The van der Waals surface area contributed by atoms with Crippen LogP contribution in [0.15, 0.2) is 12.1 Å². The van der Waals surface area contributed by atoms with Crippen molar-refractivity contribution in [1.82, 2.24) is 5.32 Å². The number of rotatable bonds is 6. The predicted octanol–water partition coefficient (Wildman–Crippen LogP) is 2.99.